The number of fused-ring (bicyclic) bond motifs is 2. The second-order valence-corrected chi connectivity index (χ2v) is 9.14. The molecule has 2 atom stereocenters. The zero-order chi connectivity index (χ0) is 25.3. The number of nitrogens with one attached hydrogen (secondary N) is 3. The number of aromatic nitrogens is 1. The Morgan fingerprint density at radius 1 is 1.03 bits per heavy atom. The third kappa shape index (κ3) is 6.93. The maximum absolute atomic E-state index is 11.1. The van der Waals surface area contributed by atoms with E-state index in [-0.39, 0.29) is 23.8 Å². The molecule has 0 bridgehead atoms. The van der Waals surface area contributed by atoms with Crippen LogP contribution >= 0.6 is 0 Å². The molecule has 2 unspecified atom stereocenters. The van der Waals surface area contributed by atoms with Gasteiger partial charge in [0.15, 0.2) is 0 Å². The van der Waals surface area contributed by atoms with E-state index in [1.54, 1.807) is 0 Å². The second kappa shape index (κ2) is 12.3. The molecule has 0 saturated heterocycles. The number of amides is 2. The van der Waals surface area contributed by atoms with E-state index in [4.69, 9.17) is 14.2 Å². The highest BCUT2D eigenvalue weighted by atomic mass is 16.5. The maximum atomic E-state index is 11.1. The van der Waals surface area contributed by atoms with Gasteiger partial charge in [0, 0.05) is 50.0 Å². The quantitative estimate of drug-likeness (QED) is 0.368. The molecule has 2 amide bonds. The van der Waals surface area contributed by atoms with Crippen molar-refractivity contribution in [3.63, 3.8) is 0 Å². The molecular formula is C28H35N3O5. The van der Waals surface area contributed by atoms with Gasteiger partial charge in [-0.3, -0.25) is 9.59 Å². The molecular weight excluding hydrogens is 458 g/mol. The molecule has 0 saturated carbocycles. The van der Waals surface area contributed by atoms with Crippen LogP contribution in [0, 0.1) is 5.92 Å². The summed E-state index contributed by atoms with van der Waals surface area (Å²) in [5.74, 6) is 1.82. The van der Waals surface area contributed by atoms with Crippen molar-refractivity contribution in [1.29, 1.82) is 0 Å². The van der Waals surface area contributed by atoms with Gasteiger partial charge in [0.2, 0.25) is 11.8 Å². The number of hydrogen-bond acceptors (Lipinski definition) is 5. The highest BCUT2D eigenvalue weighted by molar-refractivity contribution is 5.84. The molecule has 192 valence electrons. The smallest absolute Gasteiger partial charge is 0.216 e. The lowest BCUT2D eigenvalue weighted by Gasteiger charge is -2.21. The Morgan fingerprint density at radius 2 is 1.78 bits per heavy atom. The lowest BCUT2D eigenvalue weighted by molar-refractivity contribution is -0.119. The van der Waals surface area contributed by atoms with Gasteiger partial charge in [-0.25, -0.2) is 0 Å². The predicted octanol–water partition coefficient (Wildman–Crippen LogP) is 3.90. The largest absolute Gasteiger partial charge is 0.494 e. The molecule has 2 aromatic rings. The van der Waals surface area contributed by atoms with Crippen molar-refractivity contribution in [2.24, 2.45) is 5.92 Å². The van der Waals surface area contributed by atoms with Crippen molar-refractivity contribution in [2.75, 3.05) is 26.3 Å². The van der Waals surface area contributed by atoms with Crippen molar-refractivity contribution in [3.8, 4) is 5.75 Å². The standard InChI is InChI=1S/C28H35N3O5/c1-19(32)29-11-9-21-17-31-27-7-5-23(15-25(21)27)34-13-3-4-14-35-24-6-8-28-26(16-24)22(18-36-28)10-12-30-20(2)33/h5-8,15-18,26,28,31H,3-4,9-14H2,1-2H3,(H,29,32)(H,30,33). The average molecular weight is 494 g/mol. The van der Waals surface area contributed by atoms with Crippen LogP contribution < -0.4 is 15.4 Å². The predicted molar refractivity (Wildman–Crippen MR) is 138 cm³/mol. The summed E-state index contributed by atoms with van der Waals surface area (Å²) in [6.45, 7) is 5.51. The topological polar surface area (TPSA) is 102 Å². The first-order valence-electron chi connectivity index (χ1n) is 12.6. The average Bonchev–Trinajstić information content (AvgIpc) is 3.44. The summed E-state index contributed by atoms with van der Waals surface area (Å²) in [5, 5.41) is 6.79. The normalized spacial score (nSPS) is 18.2. The van der Waals surface area contributed by atoms with E-state index in [1.807, 2.05) is 36.7 Å². The third-order valence-electron chi connectivity index (χ3n) is 6.32. The Morgan fingerprint density at radius 3 is 2.56 bits per heavy atom. The zero-order valence-corrected chi connectivity index (χ0v) is 21.0. The van der Waals surface area contributed by atoms with E-state index >= 15 is 0 Å². The summed E-state index contributed by atoms with van der Waals surface area (Å²) in [7, 11) is 0. The lowest BCUT2D eigenvalue weighted by Crippen LogP contribution is -2.23. The minimum Gasteiger partial charge on any atom is -0.494 e. The number of rotatable bonds is 13. The van der Waals surface area contributed by atoms with Crippen molar-refractivity contribution in [3.05, 3.63) is 65.8 Å². The van der Waals surface area contributed by atoms with Crippen LogP contribution in [0.2, 0.25) is 0 Å². The first kappa shape index (κ1) is 25.4. The van der Waals surface area contributed by atoms with Gasteiger partial charge in [-0.15, -0.1) is 0 Å². The molecule has 1 aliphatic heterocycles. The molecule has 3 N–H and O–H groups in total. The SMILES string of the molecule is CC(=O)NCCC1=COC2C=CC(OCCCCOc3ccc4[nH]cc(CCNC(C)=O)c4c3)=CC12. The molecule has 0 fully saturated rings. The molecule has 1 aliphatic carbocycles. The van der Waals surface area contributed by atoms with Crippen molar-refractivity contribution in [1.82, 2.24) is 15.6 Å². The van der Waals surface area contributed by atoms with Crippen LogP contribution in [0.5, 0.6) is 5.75 Å². The fourth-order valence-electron chi connectivity index (χ4n) is 4.45. The highest BCUT2D eigenvalue weighted by Gasteiger charge is 2.30. The second-order valence-electron chi connectivity index (χ2n) is 9.14. The minimum atomic E-state index is -0.0216. The maximum Gasteiger partial charge on any atom is 0.216 e. The number of hydrogen-bond donors (Lipinski definition) is 3. The van der Waals surface area contributed by atoms with Gasteiger partial charge >= 0.3 is 0 Å². The highest BCUT2D eigenvalue weighted by Crippen LogP contribution is 2.34. The fraction of sp³-hybridized carbons (Fsp3) is 0.429. The van der Waals surface area contributed by atoms with Gasteiger partial charge in [-0.1, -0.05) is 0 Å². The lowest BCUT2D eigenvalue weighted by atomic mass is 9.90. The Hall–Kier alpha value is -3.68. The van der Waals surface area contributed by atoms with Crippen LogP contribution in [0.25, 0.3) is 10.9 Å². The van der Waals surface area contributed by atoms with Crippen LogP contribution in [0.4, 0.5) is 0 Å². The summed E-state index contributed by atoms with van der Waals surface area (Å²) in [5.41, 5.74) is 3.39. The van der Waals surface area contributed by atoms with Gasteiger partial charge in [0.25, 0.3) is 0 Å². The molecule has 2 heterocycles. The first-order chi connectivity index (χ1) is 17.5. The molecule has 0 radical (unpaired) electrons. The van der Waals surface area contributed by atoms with Gasteiger partial charge in [-0.2, -0.15) is 0 Å². The summed E-state index contributed by atoms with van der Waals surface area (Å²) < 4.78 is 17.7. The number of carbonyl (C=O) groups is 2. The van der Waals surface area contributed by atoms with E-state index < -0.39 is 0 Å². The van der Waals surface area contributed by atoms with Crippen molar-refractivity contribution in [2.45, 2.75) is 45.6 Å². The van der Waals surface area contributed by atoms with E-state index in [9.17, 15) is 9.59 Å². The number of allylic oxidation sites excluding steroid dienone is 1. The summed E-state index contributed by atoms with van der Waals surface area (Å²) >= 11 is 0. The summed E-state index contributed by atoms with van der Waals surface area (Å²) in [4.78, 5) is 25.5. The summed E-state index contributed by atoms with van der Waals surface area (Å²) in [6, 6.07) is 6.05. The van der Waals surface area contributed by atoms with Crippen LogP contribution in [0.1, 0.15) is 38.7 Å². The molecule has 8 nitrogen and oxygen atoms in total. The molecule has 1 aromatic heterocycles. The molecule has 8 heteroatoms. The number of benzene rings is 1. The Balaban J connectivity index is 1.17. The van der Waals surface area contributed by atoms with E-state index in [0.717, 1.165) is 53.7 Å². The van der Waals surface area contributed by atoms with E-state index in [1.165, 1.54) is 19.4 Å². The number of H-pyrrole nitrogens is 1. The van der Waals surface area contributed by atoms with Gasteiger partial charge in [0.05, 0.1) is 19.5 Å². The van der Waals surface area contributed by atoms with Gasteiger partial charge in [0.1, 0.15) is 17.6 Å². The van der Waals surface area contributed by atoms with E-state index in [2.05, 4.69) is 27.8 Å². The van der Waals surface area contributed by atoms with Crippen LogP contribution in [-0.2, 0) is 25.5 Å². The number of ether oxygens (including phenoxy) is 3. The minimum absolute atomic E-state index is 0.0151. The molecule has 2 aliphatic rings. The molecule has 1 aromatic carbocycles. The van der Waals surface area contributed by atoms with Crippen LogP contribution in [-0.4, -0.2) is 49.2 Å². The molecule has 36 heavy (non-hydrogen) atoms. The third-order valence-corrected chi connectivity index (χ3v) is 6.32. The van der Waals surface area contributed by atoms with Gasteiger partial charge < -0.3 is 29.8 Å². The van der Waals surface area contributed by atoms with Gasteiger partial charge in [-0.05, 0) is 73.2 Å². The Kier molecular flexibility index (Phi) is 8.71. The Bertz CT molecular complexity index is 1160. The number of aromatic amines is 1. The van der Waals surface area contributed by atoms with E-state index in [0.29, 0.717) is 26.3 Å². The monoisotopic (exact) mass is 493 g/mol. The van der Waals surface area contributed by atoms with Crippen LogP contribution in [0.15, 0.2) is 60.2 Å². The fourth-order valence-corrected chi connectivity index (χ4v) is 4.45. The van der Waals surface area contributed by atoms with Crippen molar-refractivity contribution < 1.29 is 23.8 Å². The number of unbranched alkanes of at least 4 members (excludes halogenated alkanes) is 1. The molecule has 0 spiro atoms. The zero-order valence-electron chi connectivity index (χ0n) is 21.0. The van der Waals surface area contributed by atoms with Crippen LogP contribution in [0.3, 0.4) is 0 Å². The Labute approximate surface area is 211 Å². The first-order valence-corrected chi connectivity index (χ1v) is 12.6. The number of carbonyl (C=O) groups excluding carboxylic acids is 2. The van der Waals surface area contributed by atoms with Crippen molar-refractivity contribution >= 4 is 22.7 Å². The summed E-state index contributed by atoms with van der Waals surface area (Å²) in [6.07, 6.45) is 13.2. The molecule has 4 rings (SSSR count).